The SMILES string of the molecule is CCCCCCCCP(=O)(CCCCCCCC)OP(=O)(O)O. The Morgan fingerprint density at radius 3 is 1.35 bits per heavy atom. The molecule has 0 fully saturated rings. The zero-order valence-corrected chi connectivity index (χ0v) is 16.7. The molecule has 0 unspecified atom stereocenters. The topological polar surface area (TPSA) is 83.8 Å². The average molecular weight is 370 g/mol. The molecule has 0 aromatic heterocycles. The molecule has 140 valence electrons. The second-order valence-corrected chi connectivity index (χ2v) is 10.5. The molecule has 0 rings (SSSR count). The van der Waals surface area contributed by atoms with Crippen molar-refractivity contribution in [2.24, 2.45) is 0 Å². The van der Waals surface area contributed by atoms with E-state index < -0.39 is 15.2 Å². The molecule has 7 heteroatoms. The van der Waals surface area contributed by atoms with Crippen molar-refractivity contribution < 1.29 is 23.2 Å². The largest absolute Gasteiger partial charge is 0.475 e. The standard InChI is InChI=1S/C16H36O5P2/c1-3-5-7-9-11-13-15-22(17,21-23(18,19)20)16-14-12-10-8-6-4-2/h3-16H2,1-2H3,(H2,18,19,20). The fourth-order valence-corrected chi connectivity index (χ4v) is 6.49. The Bertz CT molecular complexity index is 347. The summed E-state index contributed by atoms with van der Waals surface area (Å²) in [4.78, 5) is 18.0. The van der Waals surface area contributed by atoms with Crippen molar-refractivity contribution in [2.75, 3.05) is 12.3 Å². The Hall–Kier alpha value is 0.340. The third-order valence-corrected chi connectivity index (χ3v) is 8.00. The highest BCUT2D eigenvalue weighted by molar-refractivity contribution is 7.67. The Morgan fingerprint density at radius 1 is 0.652 bits per heavy atom. The lowest BCUT2D eigenvalue weighted by Gasteiger charge is -2.19. The summed E-state index contributed by atoms with van der Waals surface area (Å²) in [6, 6.07) is 0. The Morgan fingerprint density at radius 2 is 1.00 bits per heavy atom. The van der Waals surface area contributed by atoms with Crippen molar-refractivity contribution in [1.82, 2.24) is 0 Å². The lowest BCUT2D eigenvalue weighted by molar-refractivity contribution is 0.283. The molecule has 0 aliphatic rings. The molecule has 0 spiro atoms. The Kier molecular flexibility index (Phi) is 13.8. The second kappa shape index (κ2) is 13.6. The summed E-state index contributed by atoms with van der Waals surface area (Å²) >= 11 is 0. The Balaban J connectivity index is 4.15. The number of rotatable bonds is 16. The van der Waals surface area contributed by atoms with Crippen molar-refractivity contribution >= 4 is 15.2 Å². The molecule has 23 heavy (non-hydrogen) atoms. The summed E-state index contributed by atoms with van der Waals surface area (Å²) in [7, 11) is -7.90. The van der Waals surface area contributed by atoms with Crippen LogP contribution in [0.2, 0.25) is 0 Å². The fraction of sp³-hybridized carbons (Fsp3) is 1.00. The van der Waals surface area contributed by atoms with Gasteiger partial charge in [0.25, 0.3) is 0 Å². The predicted octanol–water partition coefficient (Wildman–Crippen LogP) is 6.09. The van der Waals surface area contributed by atoms with Crippen LogP contribution >= 0.6 is 15.2 Å². The molecule has 0 bridgehead atoms. The van der Waals surface area contributed by atoms with E-state index in [1.54, 1.807) is 0 Å². The zero-order valence-electron chi connectivity index (χ0n) is 14.9. The van der Waals surface area contributed by atoms with E-state index in [2.05, 4.69) is 13.8 Å². The van der Waals surface area contributed by atoms with Gasteiger partial charge in [0.1, 0.15) is 0 Å². The summed E-state index contributed by atoms with van der Waals surface area (Å²) in [5.41, 5.74) is 0. The monoisotopic (exact) mass is 370 g/mol. The van der Waals surface area contributed by atoms with Gasteiger partial charge in [0.2, 0.25) is 7.37 Å². The maximum Gasteiger partial charge on any atom is 0.475 e. The maximum absolute atomic E-state index is 12.7. The lowest BCUT2D eigenvalue weighted by Crippen LogP contribution is -2.00. The molecular formula is C16H36O5P2. The molecule has 0 saturated carbocycles. The highest BCUT2D eigenvalue weighted by Gasteiger charge is 2.31. The van der Waals surface area contributed by atoms with E-state index in [0.717, 1.165) is 51.4 Å². The fourth-order valence-electron chi connectivity index (χ4n) is 2.65. The van der Waals surface area contributed by atoms with Crippen LogP contribution in [0.4, 0.5) is 0 Å². The van der Waals surface area contributed by atoms with Gasteiger partial charge in [-0.3, -0.25) is 4.57 Å². The molecule has 0 aliphatic heterocycles. The van der Waals surface area contributed by atoms with Crippen molar-refractivity contribution in [3.8, 4) is 0 Å². The molecule has 2 N–H and O–H groups in total. The molecular weight excluding hydrogens is 334 g/mol. The molecule has 0 amide bonds. The van der Waals surface area contributed by atoms with Crippen molar-refractivity contribution in [3.63, 3.8) is 0 Å². The maximum atomic E-state index is 12.7. The summed E-state index contributed by atoms with van der Waals surface area (Å²) in [6.07, 6.45) is 13.2. The molecule has 0 radical (unpaired) electrons. The van der Waals surface area contributed by atoms with Crippen LogP contribution in [0.3, 0.4) is 0 Å². The van der Waals surface area contributed by atoms with E-state index >= 15 is 0 Å². The third-order valence-electron chi connectivity index (χ3n) is 3.96. The summed E-state index contributed by atoms with van der Waals surface area (Å²) in [5, 5.41) is 0. The quantitative estimate of drug-likeness (QED) is 0.253. The van der Waals surface area contributed by atoms with E-state index in [4.69, 9.17) is 14.1 Å². The normalized spacial score (nSPS) is 12.7. The van der Waals surface area contributed by atoms with E-state index in [1.165, 1.54) is 25.7 Å². The smallest absolute Gasteiger partial charge is 0.302 e. The average Bonchev–Trinajstić information content (AvgIpc) is 2.44. The first-order valence-electron chi connectivity index (χ1n) is 9.18. The van der Waals surface area contributed by atoms with Crippen LogP contribution in [0.25, 0.3) is 0 Å². The van der Waals surface area contributed by atoms with Crippen molar-refractivity contribution in [2.45, 2.75) is 90.9 Å². The van der Waals surface area contributed by atoms with Crippen molar-refractivity contribution in [1.29, 1.82) is 0 Å². The van der Waals surface area contributed by atoms with Gasteiger partial charge in [-0.05, 0) is 12.8 Å². The van der Waals surface area contributed by atoms with Crippen LogP contribution in [0.1, 0.15) is 90.9 Å². The minimum Gasteiger partial charge on any atom is -0.302 e. The number of hydrogen-bond acceptors (Lipinski definition) is 3. The van der Waals surface area contributed by atoms with Gasteiger partial charge < -0.3 is 9.79 Å². The molecule has 5 nitrogen and oxygen atoms in total. The minimum atomic E-state index is -4.68. The van der Waals surface area contributed by atoms with Crippen molar-refractivity contribution in [3.05, 3.63) is 0 Å². The van der Waals surface area contributed by atoms with Gasteiger partial charge in [-0.2, -0.15) is 0 Å². The van der Waals surface area contributed by atoms with E-state index in [1.807, 2.05) is 0 Å². The molecule has 0 atom stereocenters. The molecule has 0 aliphatic carbocycles. The van der Waals surface area contributed by atoms with Gasteiger partial charge in [-0.1, -0.05) is 78.1 Å². The van der Waals surface area contributed by atoms with E-state index in [-0.39, 0.29) is 0 Å². The highest BCUT2D eigenvalue weighted by atomic mass is 31.3. The van der Waals surface area contributed by atoms with Crippen LogP contribution in [-0.2, 0) is 13.4 Å². The summed E-state index contributed by atoms with van der Waals surface area (Å²) in [5.74, 6) is 0. The second-order valence-electron chi connectivity index (χ2n) is 6.37. The molecule has 0 aromatic carbocycles. The van der Waals surface area contributed by atoms with Gasteiger partial charge in [0.15, 0.2) is 0 Å². The van der Waals surface area contributed by atoms with E-state index in [9.17, 15) is 9.13 Å². The van der Waals surface area contributed by atoms with Gasteiger partial charge in [0.05, 0.1) is 0 Å². The first kappa shape index (κ1) is 23.3. The van der Waals surface area contributed by atoms with E-state index in [0.29, 0.717) is 12.3 Å². The van der Waals surface area contributed by atoms with Gasteiger partial charge in [0, 0.05) is 12.3 Å². The number of hydrogen-bond donors (Lipinski definition) is 2. The lowest BCUT2D eigenvalue weighted by atomic mass is 10.1. The number of phosphoric acid groups is 1. The van der Waals surface area contributed by atoms with Crippen LogP contribution in [-0.4, -0.2) is 22.1 Å². The highest BCUT2D eigenvalue weighted by Crippen LogP contribution is 2.60. The molecule has 0 heterocycles. The summed E-state index contributed by atoms with van der Waals surface area (Å²) in [6.45, 7) is 4.31. The minimum absolute atomic E-state index is 0.291. The Labute approximate surface area is 142 Å². The van der Waals surface area contributed by atoms with Gasteiger partial charge in [-0.15, -0.1) is 0 Å². The zero-order chi connectivity index (χ0) is 17.6. The van der Waals surface area contributed by atoms with Crippen LogP contribution in [0.5, 0.6) is 0 Å². The molecule has 0 aromatic rings. The van der Waals surface area contributed by atoms with Gasteiger partial charge in [-0.25, -0.2) is 8.88 Å². The van der Waals surface area contributed by atoms with Crippen LogP contribution in [0, 0.1) is 0 Å². The van der Waals surface area contributed by atoms with Crippen LogP contribution in [0.15, 0.2) is 0 Å². The number of unbranched alkanes of at least 4 members (excludes halogenated alkanes) is 10. The summed E-state index contributed by atoms with van der Waals surface area (Å²) < 4.78 is 28.5. The van der Waals surface area contributed by atoms with Crippen LogP contribution < -0.4 is 0 Å². The van der Waals surface area contributed by atoms with Gasteiger partial charge >= 0.3 is 7.82 Å². The first-order chi connectivity index (χ1) is 10.8. The molecule has 0 saturated heterocycles. The third kappa shape index (κ3) is 15.6. The predicted molar refractivity (Wildman–Crippen MR) is 97.2 cm³/mol. The first-order valence-corrected chi connectivity index (χ1v) is 12.7.